The largest absolute Gasteiger partial charge is 0.477 e. The minimum atomic E-state index is 0.103. The van der Waals surface area contributed by atoms with Crippen LogP contribution in [0.1, 0.15) is 32.1 Å². The lowest BCUT2D eigenvalue weighted by atomic mass is 9.72. The average molecular weight is 332 g/mol. The number of hydrogen-bond acceptors (Lipinski definition) is 5. The lowest BCUT2D eigenvalue weighted by Crippen LogP contribution is -2.59. The molecule has 3 fully saturated rings. The zero-order valence-electron chi connectivity index (χ0n) is 14.4. The van der Waals surface area contributed by atoms with Crippen molar-refractivity contribution >= 4 is 0 Å². The van der Waals surface area contributed by atoms with Crippen molar-refractivity contribution in [3.63, 3.8) is 0 Å². The smallest absolute Gasteiger partial charge is 0.213 e. The van der Waals surface area contributed by atoms with Gasteiger partial charge in [0.05, 0.1) is 12.7 Å². The second-order valence-corrected chi connectivity index (χ2v) is 7.38. The molecule has 1 aromatic rings. The number of pyridine rings is 1. The molecule has 132 valence electrons. The Kier molecular flexibility index (Phi) is 5.01. The van der Waals surface area contributed by atoms with Crippen LogP contribution in [-0.2, 0) is 9.47 Å². The van der Waals surface area contributed by atoms with Gasteiger partial charge in [-0.3, -0.25) is 4.90 Å². The van der Waals surface area contributed by atoms with Crippen molar-refractivity contribution in [3.8, 4) is 5.88 Å². The highest BCUT2D eigenvalue weighted by molar-refractivity contribution is 5.10. The molecule has 0 aromatic carbocycles. The first-order valence-electron chi connectivity index (χ1n) is 9.33. The molecule has 0 N–H and O–H groups in total. The Morgan fingerprint density at radius 1 is 1.21 bits per heavy atom. The van der Waals surface area contributed by atoms with E-state index in [1.807, 2.05) is 18.2 Å². The van der Waals surface area contributed by atoms with Crippen LogP contribution in [0.15, 0.2) is 24.4 Å². The summed E-state index contributed by atoms with van der Waals surface area (Å²) < 4.78 is 17.8. The van der Waals surface area contributed by atoms with Crippen molar-refractivity contribution in [2.45, 2.75) is 44.2 Å². The van der Waals surface area contributed by atoms with Gasteiger partial charge in [0.25, 0.3) is 0 Å². The highest BCUT2D eigenvalue weighted by atomic mass is 16.5. The van der Waals surface area contributed by atoms with Crippen molar-refractivity contribution in [2.75, 3.05) is 39.5 Å². The first kappa shape index (κ1) is 16.3. The first-order valence-corrected chi connectivity index (χ1v) is 9.33. The summed E-state index contributed by atoms with van der Waals surface area (Å²) in [5.74, 6) is 0.722. The molecule has 0 unspecified atom stereocenters. The van der Waals surface area contributed by atoms with Gasteiger partial charge in [-0.1, -0.05) is 6.07 Å². The van der Waals surface area contributed by atoms with E-state index >= 15 is 0 Å². The van der Waals surface area contributed by atoms with Gasteiger partial charge < -0.3 is 14.2 Å². The predicted molar refractivity (Wildman–Crippen MR) is 91.2 cm³/mol. The lowest BCUT2D eigenvalue weighted by Gasteiger charge is -2.52. The van der Waals surface area contributed by atoms with Crippen molar-refractivity contribution in [2.24, 2.45) is 5.41 Å². The molecule has 4 heterocycles. The second-order valence-electron chi connectivity index (χ2n) is 7.38. The lowest BCUT2D eigenvalue weighted by molar-refractivity contribution is -0.149. The predicted octanol–water partition coefficient (Wildman–Crippen LogP) is 2.51. The molecule has 24 heavy (non-hydrogen) atoms. The van der Waals surface area contributed by atoms with E-state index in [9.17, 15) is 0 Å². The normalized spacial score (nSPS) is 32.2. The maximum atomic E-state index is 6.16. The van der Waals surface area contributed by atoms with E-state index in [4.69, 9.17) is 14.2 Å². The maximum Gasteiger partial charge on any atom is 0.213 e. The summed E-state index contributed by atoms with van der Waals surface area (Å²) >= 11 is 0. The zero-order valence-corrected chi connectivity index (χ0v) is 14.4. The molecule has 3 aliphatic heterocycles. The van der Waals surface area contributed by atoms with Gasteiger partial charge >= 0.3 is 0 Å². The average Bonchev–Trinajstić information content (AvgIpc) is 2.67. The van der Waals surface area contributed by atoms with Gasteiger partial charge in [0.1, 0.15) is 0 Å². The third-order valence-electron chi connectivity index (χ3n) is 5.87. The van der Waals surface area contributed by atoms with Gasteiger partial charge in [0, 0.05) is 56.6 Å². The van der Waals surface area contributed by atoms with E-state index in [-0.39, 0.29) is 5.41 Å². The van der Waals surface area contributed by atoms with Crippen LogP contribution in [0.2, 0.25) is 0 Å². The van der Waals surface area contributed by atoms with Crippen LogP contribution in [0, 0.1) is 5.41 Å². The molecule has 0 spiro atoms. The van der Waals surface area contributed by atoms with E-state index in [0.717, 1.165) is 64.5 Å². The molecule has 5 nitrogen and oxygen atoms in total. The Labute approximate surface area is 144 Å². The third kappa shape index (κ3) is 3.44. The number of nitrogens with zero attached hydrogens (tertiary/aromatic N) is 2. The van der Waals surface area contributed by atoms with Crippen molar-refractivity contribution in [3.05, 3.63) is 24.4 Å². The molecule has 3 aliphatic rings. The molecule has 4 rings (SSSR count). The summed E-state index contributed by atoms with van der Waals surface area (Å²) in [6.07, 6.45) is 7.85. The van der Waals surface area contributed by atoms with Crippen LogP contribution >= 0.6 is 0 Å². The Bertz CT molecular complexity index is 521. The van der Waals surface area contributed by atoms with E-state index in [1.54, 1.807) is 6.20 Å². The van der Waals surface area contributed by atoms with E-state index in [1.165, 1.54) is 6.42 Å². The highest BCUT2D eigenvalue weighted by Gasteiger charge is 2.47. The van der Waals surface area contributed by atoms with Crippen LogP contribution in [-0.4, -0.2) is 61.5 Å². The van der Waals surface area contributed by atoms with Crippen molar-refractivity contribution in [1.82, 2.24) is 9.88 Å². The topological polar surface area (TPSA) is 43.8 Å². The molecule has 0 aliphatic carbocycles. The van der Waals surface area contributed by atoms with E-state index < -0.39 is 0 Å². The molecule has 0 bridgehead atoms. The van der Waals surface area contributed by atoms with Crippen LogP contribution in [0.25, 0.3) is 0 Å². The molecule has 3 saturated heterocycles. The monoisotopic (exact) mass is 332 g/mol. The van der Waals surface area contributed by atoms with Gasteiger partial charge in [-0.05, 0) is 38.2 Å². The molecule has 5 heteroatoms. The number of aromatic nitrogens is 1. The second kappa shape index (κ2) is 7.38. The number of rotatable bonds is 4. The maximum absolute atomic E-state index is 6.16. The number of ether oxygens (including phenoxy) is 3. The Hall–Kier alpha value is -1.17. The number of likely N-dealkylation sites (tertiary alicyclic amines) is 1. The summed E-state index contributed by atoms with van der Waals surface area (Å²) in [5.41, 5.74) is 0.103. The minimum absolute atomic E-state index is 0.103. The summed E-state index contributed by atoms with van der Waals surface area (Å²) in [6, 6.07) is 6.50. The number of fused-ring (bicyclic) bond motifs is 1. The van der Waals surface area contributed by atoms with Crippen LogP contribution in [0.3, 0.4) is 0 Å². The molecule has 0 amide bonds. The minimum Gasteiger partial charge on any atom is -0.477 e. The van der Waals surface area contributed by atoms with Crippen LogP contribution < -0.4 is 4.74 Å². The van der Waals surface area contributed by atoms with E-state index in [2.05, 4.69) is 9.88 Å². The van der Waals surface area contributed by atoms with Gasteiger partial charge in [-0.25, -0.2) is 4.98 Å². The van der Waals surface area contributed by atoms with Gasteiger partial charge in [-0.15, -0.1) is 0 Å². The summed E-state index contributed by atoms with van der Waals surface area (Å²) in [7, 11) is 0. The van der Waals surface area contributed by atoms with Crippen LogP contribution in [0.5, 0.6) is 5.88 Å². The Morgan fingerprint density at radius 2 is 2.12 bits per heavy atom. The Balaban J connectivity index is 1.47. The fourth-order valence-electron chi connectivity index (χ4n) is 4.55. The molecule has 0 radical (unpaired) electrons. The van der Waals surface area contributed by atoms with Crippen molar-refractivity contribution in [1.29, 1.82) is 0 Å². The fourth-order valence-corrected chi connectivity index (χ4v) is 4.55. The van der Waals surface area contributed by atoms with E-state index in [0.29, 0.717) is 18.8 Å². The standard InChI is InChI=1S/C19H28N2O3/c1-2-9-20-18(4-1)24-15-19-8-3-11-23-17(19)5-10-21(14-19)16-6-12-22-13-7-16/h1-2,4,9,16-17H,3,5-8,10-15H2/t17-,19+/m1/s1. The Morgan fingerprint density at radius 3 is 2.96 bits per heavy atom. The first-order chi connectivity index (χ1) is 11.9. The van der Waals surface area contributed by atoms with Gasteiger partial charge in [0.2, 0.25) is 5.88 Å². The van der Waals surface area contributed by atoms with Crippen molar-refractivity contribution < 1.29 is 14.2 Å². The molecule has 0 saturated carbocycles. The molecule has 2 atom stereocenters. The summed E-state index contributed by atoms with van der Waals surface area (Å²) in [6.45, 7) is 5.62. The molecule has 1 aromatic heterocycles. The summed E-state index contributed by atoms with van der Waals surface area (Å²) in [4.78, 5) is 6.99. The van der Waals surface area contributed by atoms with Gasteiger partial charge in [-0.2, -0.15) is 0 Å². The third-order valence-corrected chi connectivity index (χ3v) is 5.87. The molecular formula is C19H28N2O3. The van der Waals surface area contributed by atoms with Gasteiger partial charge in [0.15, 0.2) is 0 Å². The number of piperidine rings is 1. The highest BCUT2D eigenvalue weighted by Crippen LogP contribution is 2.41. The zero-order chi connectivity index (χ0) is 16.2. The fraction of sp³-hybridized carbons (Fsp3) is 0.737. The summed E-state index contributed by atoms with van der Waals surface area (Å²) in [5, 5.41) is 0. The van der Waals surface area contributed by atoms with Crippen LogP contribution in [0.4, 0.5) is 0 Å². The molecular weight excluding hydrogens is 304 g/mol. The quantitative estimate of drug-likeness (QED) is 0.848. The SMILES string of the molecule is c1ccc(OC[C@@]23CCCO[C@@H]2CCN(C2CCOCC2)C3)nc1. The number of hydrogen-bond donors (Lipinski definition) is 0.